The van der Waals surface area contributed by atoms with Crippen molar-refractivity contribution in [3.05, 3.63) is 52.4 Å². The van der Waals surface area contributed by atoms with Crippen molar-refractivity contribution in [2.45, 2.75) is 50.9 Å². The lowest BCUT2D eigenvalue weighted by atomic mass is 9.95. The highest BCUT2D eigenvalue weighted by Crippen LogP contribution is 2.29. The molecule has 4 rings (SSSR count). The van der Waals surface area contributed by atoms with E-state index in [2.05, 4.69) is 32.2 Å². The van der Waals surface area contributed by atoms with Gasteiger partial charge in [0.2, 0.25) is 5.82 Å². The molecule has 2 heterocycles. The van der Waals surface area contributed by atoms with E-state index < -0.39 is 12.1 Å². The molecule has 14 heteroatoms. The molecule has 0 bridgehead atoms. The van der Waals surface area contributed by atoms with Crippen molar-refractivity contribution >= 4 is 29.3 Å². The fourth-order valence-corrected chi connectivity index (χ4v) is 4.62. The topological polar surface area (TPSA) is 126 Å². The third-order valence-corrected chi connectivity index (χ3v) is 6.94. The fraction of sp³-hybridized carbons (Fsp3) is 0.500. The number of nitrogens with zero attached hydrogens (tertiary/aromatic N) is 6. The van der Waals surface area contributed by atoms with Crippen LogP contribution in [0.3, 0.4) is 0 Å². The Bertz CT molecular complexity index is 1190. The first-order valence-electron chi connectivity index (χ1n) is 12.8. The molecule has 1 aromatic heterocycles. The summed E-state index contributed by atoms with van der Waals surface area (Å²) in [6, 6.07) is 9.78. The maximum absolute atomic E-state index is 13.2. The number of anilines is 1. The summed E-state index contributed by atoms with van der Waals surface area (Å²) in [4.78, 5) is 35.1. The van der Waals surface area contributed by atoms with E-state index >= 15 is 0 Å². The smallest absolute Gasteiger partial charge is 0.475 e. The molecule has 40 heavy (non-hydrogen) atoms. The Kier molecular flexibility index (Phi) is 11.1. The standard InChI is InChI=1S/C24H30ClN7O.C2HF3O2/c1-30-11-13-31(14-12-30)17-18-7-9-19(10-8-18)24(33)29-32(20-5-3-2-4-6-20)23-21(25)16-27-22(15-26)28-23;3-2(4,5)1(6)7/h7-10,16,20H,2-6,11-14,17H2,1H3,(H,29,33);(H,6,7). The average molecular weight is 582 g/mol. The lowest BCUT2D eigenvalue weighted by Crippen LogP contribution is -2.50. The monoisotopic (exact) mass is 581 g/mol. The Labute approximate surface area is 235 Å². The molecule has 1 amide bonds. The van der Waals surface area contributed by atoms with Gasteiger partial charge in [-0.05, 0) is 37.6 Å². The van der Waals surface area contributed by atoms with Crippen LogP contribution in [0.15, 0.2) is 30.5 Å². The average Bonchev–Trinajstić information content (AvgIpc) is 2.94. The highest BCUT2D eigenvalue weighted by atomic mass is 35.5. The van der Waals surface area contributed by atoms with Crippen molar-refractivity contribution in [2.24, 2.45) is 0 Å². The molecular formula is C26H31ClF3N7O3. The number of carboxylic acids is 1. The normalized spacial score (nSPS) is 16.8. The minimum Gasteiger partial charge on any atom is -0.475 e. The Balaban J connectivity index is 0.000000559. The van der Waals surface area contributed by atoms with Gasteiger partial charge in [0, 0.05) is 38.3 Å². The Morgan fingerprint density at radius 2 is 1.75 bits per heavy atom. The van der Waals surface area contributed by atoms with E-state index in [4.69, 9.17) is 21.5 Å². The minimum absolute atomic E-state index is 0.0257. The quantitative estimate of drug-likeness (QED) is 0.489. The summed E-state index contributed by atoms with van der Waals surface area (Å²) in [6.07, 6.45) is 1.50. The van der Waals surface area contributed by atoms with Gasteiger partial charge in [-0.3, -0.25) is 20.1 Å². The highest BCUT2D eigenvalue weighted by molar-refractivity contribution is 6.32. The molecule has 0 radical (unpaired) electrons. The lowest BCUT2D eigenvalue weighted by Gasteiger charge is -2.35. The molecular weight excluding hydrogens is 551 g/mol. The maximum atomic E-state index is 13.2. The molecule has 2 N–H and O–H groups in total. The number of halogens is 4. The zero-order valence-electron chi connectivity index (χ0n) is 22.0. The number of rotatable bonds is 6. The Hall–Kier alpha value is -3.47. The molecule has 216 valence electrons. The zero-order chi connectivity index (χ0) is 29.3. The predicted octanol–water partition coefficient (Wildman–Crippen LogP) is 3.87. The largest absolute Gasteiger partial charge is 0.490 e. The van der Waals surface area contributed by atoms with Crippen LogP contribution in [0.4, 0.5) is 19.0 Å². The fourth-order valence-electron chi connectivity index (χ4n) is 4.44. The van der Waals surface area contributed by atoms with Gasteiger partial charge in [-0.2, -0.15) is 23.4 Å². The van der Waals surface area contributed by atoms with E-state index in [-0.39, 0.29) is 17.8 Å². The van der Waals surface area contributed by atoms with E-state index in [1.165, 1.54) is 18.2 Å². The molecule has 2 aliphatic rings. The number of carbonyl (C=O) groups excluding carboxylic acids is 1. The van der Waals surface area contributed by atoms with Crippen LogP contribution < -0.4 is 10.4 Å². The van der Waals surface area contributed by atoms with Gasteiger partial charge in [0.1, 0.15) is 11.1 Å². The van der Waals surface area contributed by atoms with E-state index in [9.17, 15) is 23.2 Å². The number of carboxylic acid groups (broad SMARTS) is 1. The summed E-state index contributed by atoms with van der Waals surface area (Å²) >= 11 is 6.38. The molecule has 1 aliphatic heterocycles. The van der Waals surface area contributed by atoms with Crippen molar-refractivity contribution in [2.75, 3.05) is 38.2 Å². The van der Waals surface area contributed by atoms with Crippen molar-refractivity contribution in [3.63, 3.8) is 0 Å². The van der Waals surface area contributed by atoms with Crippen LogP contribution >= 0.6 is 11.6 Å². The second kappa shape index (κ2) is 14.2. The van der Waals surface area contributed by atoms with Gasteiger partial charge in [0.15, 0.2) is 5.82 Å². The van der Waals surface area contributed by atoms with Crippen LogP contribution in [0.5, 0.6) is 0 Å². The second-order valence-electron chi connectivity index (χ2n) is 9.66. The van der Waals surface area contributed by atoms with Gasteiger partial charge in [0.25, 0.3) is 5.91 Å². The van der Waals surface area contributed by atoms with Gasteiger partial charge >= 0.3 is 12.1 Å². The summed E-state index contributed by atoms with van der Waals surface area (Å²) in [6.45, 7) is 5.16. The van der Waals surface area contributed by atoms with E-state index in [1.54, 1.807) is 5.01 Å². The Morgan fingerprint density at radius 3 is 2.30 bits per heavy atom. The molecule has 1 saturated heterocycles. The molecule has 1 aromatic carbocycles. The molecule has 0 unspecified atom stereocenters. The molecule has 1 aliphatic carbocycles. The van der Waals surface area contributed by atoms with Gasteiger partial charge in [-0.25, -0.2) is 9.78 Å². The summed E-state index contributed by atoms with van der Waals surface area (Å²) < 4.78 is 31.7. The van der Waals surface area contributed by atoms with Crippen LogP contribution in [0.1, 0.15) is 53.8 Å². The number of hydrogen-bond acceptors (Lipinski definition) is 8. The number of likely N-dealkylation sites (N-methyl/N-ethyl adjacent to an activating group) is 1. The van der Waals surface area contributed by atoms with Crippen LogP contribution in [-0.2, 0) is 11.3 Å². The third kappa shape index (κ3) is 9.04. The van der Waals surface area contributed by atoms with Crippen molar-refractivity contribution in [1.29, 1.82) is 5.26 Å². The van der Waals surface area contributed by atoms with Gasteiger partial charge in [-0.15, -0.1) is 0 Å². The van der Waals surface area contributed by atoms with E-state index in [1.807, 2.05) is 30.3 Å². The SMILES string of the molecule is CN1CCN(Cc2ccc(C(=O)NN(c3nc(C#N)ncc3Cl)C3CCCCC3)cc2)CC1.O=C(O)C(F)(F)F. The van der Waals surface area contributed by atoms with Crippen LogP contribution in [0.25, 0.3) is 0 Å². The van der Waals surface area contributed by atoms with E-state index in [0.717, 1.165) is 58.4 Å². The second-order valence-corrected chi connectivity index (χ2v) is 10.1. The van der Waals surface area contributed by atoms with Gasteiger partial charge in [0.05, 0.1) is 12.2 Å². The van der Waals surface area contributed by atoms with E-state index in [0.29, 0.717) is 16.4 Å². The first kappa shape index (κ1) is 31.1. The molecule has 0 atom stereocenters. The summed E-state index contributed by atoms with van der Waals surface area (Å²) in [5.41, 5.74) is 4.78. The van der Waals surface area contributed by atoms with Gasteiger partial charge < -0.3 is 10.0 Å². The third-order valence-electron chi connectivity index (χ3n) is 6.68. The number of hydrogen-bond donors (Lipinski definition) is 2. The summed E-state index contributed by atoms with van der Waals surface area (Å²) in [5.74, 6) is -2.58. The number of benzene rings is 1. The zero-order valence-corrected chi connectivity index (χ0v) is 22.7. The van der Waals surface area contributed by atoms with Crippen LogP contribution in [0.2, 0.25) is 5.02 Å². The first-order valence-corrected chi connectivity index (χ1v) is 13.2. The maximum Gasteiger partial charge on any atom is 0.490 e. The number of aromatic nitrogens is 2. The molecule has 2 aromatic rings. The molecule has 1 saturated carbocycles. The number of alkyl halides is 3. The summed E-state index contributed by atoms with van der Waals surface area (Å²) in [5, 5.41) is 18.4. The Morgan fingerprint density at radius 1 is 1.15 bits per heavy atom. The number of nitrogens with one attached hydrogen (secondary N) is 1. The predicted molar refractivity (Wildman–Crippen MR) is 141 cm³/mol. The van der Waals surface area contributed by atoms with Crippen LogP contribution in [0, 0.1) is 11.3 Å². The molecule has 0 spiro atoms. The van der Waals surface area contributed by atoms with Crippen molar-refractivity contribution in [1.82, 2.24) is 25.2 Å². The lowest BCUT2D eigenvalue weighted by molar-refractivity contribution is -0.192. The number of aliphatic carboxylic acids is 1. The molecule has 10 nitrogen and oxygen atoms in total. The minimum atomic E-state index is -5.08. The number of carbonyl (C=O) groups is 2. The van der Waals surface area contributed by atoms with Crippen molar-refractivity contribution < 1.29 is 27.9 Å². The summed E-state index contributed by atoms with van der Waals surface area (Å²) in [7, 11) is 2.15. The van der Waals surface area contributed by atoms with Gasteiger partial charge in [-0.1, -0.05) is 43.0 Å². The van der Waals surface area contributed by atoms with Crippen molar-refractivity contribution in [3.8, 4) is 6.07 Å². The first-order chi connectivity index (χ1) is 19.0. The highest BCUT2D eigenvalue weighted by Gasteiger charge is 2.38. The number of hydrazine groups is 1. The number of piperazine rings is 1. The molecule has 2 fully saturated rings. The number of nitriles is 1. The van der Waals surface area contributed by atoms with Crippen LogP contribution in [-0.4, -0.2) is 82.2 Å². The number of amides is 1.